The van der Waals surface area contributed by atoms with Crippen LogP contribution in [0.2, 0.25) is 0 Å². The third kappa shape index (κ3) is 7.25. The smallest absolute Gasteiger partial charge is 0.331 e. The first kappa shape index (κ1) is 21.0. The fourth-order valence-electron chi connectivity index (χ4n) is 1.88. The molecule has 0 aromatic heterocycles. The van der Waals surface area contributed by atoms with Crippen molar-refractivity contribution in [3.8, 4) is 11.5 Å². The third-order valence-electron chi connectivity index (χ3n) is 3.05. The van der Waals surface area contributed by atoms with Gasteiger partial charge in [0.15, 0.2) is 17.6 Å². The molecule has 0 fully saturated rings. The zero-order valence-corrected chi connectivity index (χ0v) is 15.1. The van der Waals surface area contributed by atoms with E-state index >= 15 is 0 Å². The molecule has 0 bridgehead atoms. The molecule has 0 aliphatic rings. The van der Waals surface area contributed by atoms with Crippen LogP contribution in [0.3, 0.4) is 0 Å². The van der Waals surface area contributed by atoms with Crippen LogP contribution >= 0.6 is 0 Å². The molecule has 0 aliphatic carbocycles. The highest BCUT2D eigenvalue weighted by atomic mass is 16.5. The van der Waals surface area contributed by atoms with E-state index in [1.54, 1.807) is 18.2 Å². The summed E-state index contributed by atoms with van der Waals surface area (Å²) in [6.07, 6.45) is 2.42. The van der Waals surface area contributed by atoms with Gasteiger partial charge in [-0.1, -0.05) is 13.0 Å². The lowest BCUT2D eigenvalue weighted by molar-refractivity contribution is -0.149. The van der Waals surface area contributed by atoms with Gasteiger partial charge in [-0.15, -0.1) is 0 Å². The van der Waals surface area contributed by atoms with E-state index in [0.717, 1.165) is 6.42 Å². The van der Waals surface area contributed by atoms with Gasteiger partial charge in [-0.3, -0.25) is 10.1 Å². The van der Waals surface area contributed by atoms with E-state index in [4.69, 9.17) is 19.9 Å². The summed E-state index contributed by atoms with van der Waals surface area (Å²) in [4.78, 5) is 33.8. The molecule has 3 N–H and O–H groups in total. The number of carbonyl (C=O) groups is 3. The fourth-order valence-corrected chi connectivity index (χ4v) is 1.88. The first-order chi connectivity index (χ1) is 12.4. The van der Waals surface area contributed by atoms with E-state index in [1.807, 2.05) is 19.2 Å². The normalized spacial score (nSPS) is 11.7. The molecule has 1 atom stereocenters. The molecule has 1 rings (SSSR count). The summed E-state index contributed by atoms with van der Waals surface area (Å²) in [7, 11) is 0. The van der Waals surface area contributed by atoms with Crippen molar-refractivity contribution < 1.29 is 28.6 Å². The van der Waals surface area contributed by atoms with Crippen LogP contribution < -0.4 is 20.5 Å². The zero-order valence-electron chi connectivity index (χ0n) is 15.1. The van der Waals surface area contributed by atoms with Gasteiger partial charge >= 0.3 is 12.0 Å². The number of nitrogens with one attached hydrogen (secondary N) is 1. The van der Waals surface area contributed by atoms with Gasteiger partial charge < -0.3 is 19.9 Å². The Bertz CT molecular complexity index is 672. The number of nitrogens with two attached hydrogens (primary N) is 1. The zero-order chi connectivity index (χ0) is 19.5. The summed E-state index contributed by atoms with van der Waals surface area (Å²) in [5.74, 6) is -0.326. The molecule has 26 heavy (non-hydrogen) atoms. The van der Waals surface area contributed by atoms with Crippen molar-refractivity contribution >= 4 is 24.0 Å². The van der Waals surface area contributed by atoms with E-state index < -0.39 is 24.0 Å². The maximum absolute atomic E-state index is 11.8. The predicted molar refractivity (Wildman–Crippen MR) is 95.7 cm³/mol. The van der Waals surface area contributed by atoms with E-state index in [9.17, 15) is 14.4 Å². The van der Waals surface area contributed by atoms with Crippen molar-refractivity contribution in [3.63, 3.8) is 0 Å². The number of rotatable bonds is 9. The first-order valence-electron chi connectivity index (χ1n) is 8.26. The van der Waals surface area contributed by atoms with E-state index in [0.29, 0.717) is 30.3 Å². The Morgan fingerprint density at radius 2 is 1.92 bits per heavy atom. The number of urea groups is 1. The molecule has 0 saturated heterocycles. The molecule has 3 amide bonds. The number of hydrogen-bond donors (Lipinski definition) is 2. The quantitative estimate of drug-likeness (QED) is 0.511. The highest BCUT2D eigenvalue weighted by molar-refractivity contribution is 5.97. The summed E-state index contributed by atoms with van der Waals surface area (Å²) in [5, 5.41) is 1.83. The van der Waals surface area contributed by atoms with E-state index in [2.05, 4.69) is 0 Å². The minimum atomic E-state index is -1.15. The van der Waals surface area contributed by atoms with Crippen molar-refractivity contribution in [2.24, 2.45) is 5.73 Å². The molecule has 1 aromatic carbocycles. The average Bonchev–Trinajstić information content (AvgIpc) is 2.58. The average molecular weight is 364 g/mol. The van der Waals surface area contributed by atoms with Crippen molar-refractivity contribution in [2.75, 3.05) is 13.2 Å². The highest BCUT2D eigenvalue weighted by Crippen LogP contribution is 2.29. The molecule has 1 aromatic rings. The van der Waals surface area contributed by atoms with Crippen LogP contribution in [0.1, 0.15) is 32.8 Å². The number of carbonyl (C=O) groups excluding carboxylic acids is 3. The summed E-state index contributed by atoms with van der Waals surface area (Å²) >= 11 is 0. The number of ether oxygens (including phenoxy) is 3. The van der Waals surface area contributed by atoms with Gasteiger partial charge in [0.25, 0.3) is 5.91 Å². The summed E-state index contributed by atoms with van der Waals surface area (Å²) < 4.78 is 16.0. The second kappa shape index (κ2) is 10.8. The predicted octanol–water partition coefficient (Wildman–Crippen LogP) is 2.01. The van der Waals surface area contributed by atoms with Crippen LogP contribution in [0.25, 0.3) is 6.08 Å². The van der Waals surface area contributed by atoms with Crippen molar-refractivity contribution in [3.05, 3.63) is 29.8 Å². The number of amides is 3. The molecular weight excluding hydrogens is 340 g/mol. The molecule has 0 heterocycles. The lowest BCUT2D eigenvalue weighted by Gasteiger charge is -2.12. The van der Waals surface area contributed by atoms with Gasteiger partial charge in [0.2, 0.25) is 0 Å². The molecule has 0 spiro atoms. The molecule has 0 radical (unpaired) electrons. The maximum Gasteiger partial charge on any atom is 0.331 e. The van der Waals surface area contributed by atoms with Gasteiger partial charge in [0.05, 0.1) is 13.2 Å². The lowest BCUT2D eigenvalue weighted by Crippen LogP contribution is -2.42. The lowest BCUT2D eigenvalue weighted by atomic mass is 10.2. The number of benzene rings is 1. The molecular formula is C18H24N2O6. The second-order valence-electron chi connectivity index (χ2n) is 5.25. The van der Waals surface area contributed by atoms with Gasteiger partial charge in [-0.05, 0) is 44.0 Å². The Morgan fingerprint density at radius 3 is 2.54 bits per heavy atom. The van der Waals surface area contributed by atoms with Gasteiger partial charge in [0, 0.05) is 6.08 Å². The van der Waals surface area contributed by atoms with Crippen molar-refractivity contribution in [2.45, 2.75) is 33.3 Å². The van der Waals surface area contributed by atoms with Gasteiger partial charge in [-0.2, -0.15) is 0 Å². The summed E-state index contributed by atoms with van der Waals surface area (Å²) in [6.45, 7) is 6.25. The number of esters is 1. The Kier molecular flexibility index (Phi) is 8.69. The molecule has 0 aliphatic heterocycles. The summed E-state index contributed by atoms with van der Waals surface area (Å²) in [6, 6.07) is 4.25. The minimum absolute atomic E-state index is 0.476. The fraction of sp³-hybridized carbons (Fsp3) is 0.389. The Labute approximate surface area is 152 Å². The van der Waals surface area contributed by atoms with Crippen LogP contribution in [0.5, 0.6) is 11.5 Å². The molecule has 142 valence electrons. The molecule has 0 saturated carbocycles. The van der Waals surface area contributed by atoms with Gasteiger partial charge in [0.1, 0.15) is 0 Å². The van der Waals surface area contributed by atoms with Crippen LogP contribution in [0, 0.1) is 0 Å². The molecule has 8 nitrogen and oxygen atoms in total. The standard InChI is InChI=1S/C18H24N2O6/c1-4-10-25-14-8-6-13(11-15(14)24-5-2)7-9-16(21)26-12(3)17(22)20-18(19)23/h6-9,11-12H,4-5,10H2,1-3H3,(H3,19,20,22,23)/b9-7+/t12-/m0/s1. The third-order valence-corrected chi connectivity index (χ3v) is 3.05. The monoisotopic (exact) mass is 364 g/mol. The topological polar surface area (TPSA) is 117 Å². The Morgan fingerprint density at radius 1 is 1.19 bits per heavy atom. The number of primary amides is 1. The SMILES string of the molecule is CCCOc1ccc(/C=C/C(=O)O[C@@H](C)C(=O)NC(N)=O)cc1OCC. The number of hydrogen-bond acceptors (Lipinski definition) is 6. The second-order valence-corrected chi connectivity index (χ2v) is 5.25. The van der Waals surface area contributed by atoms with Crippen molar-refractivity contribution in [1.82, 2.24) is 5.32 Å². The van der Waals surface area contributed by atoms with Crippen LogP contribution in [-0.4, -0.2) is 37.2 Å². The van der Waals surface area contributed by atoms with E-state index in [-0.39, 0.29) is 0 Å². The molecule has 8 heteroatoms. The summed E-state index contributed by atoms with van der Waals surface area (Å²) in [5.41, 5.74) is 5.53. The van der Waals surface area contributed by atoms with Crippen LogP contribution in [-0.2, 0) is 14.3 Å². The van der Waals surface area contributed by atoms with Crippen LogP contribution in [0.4, 0.5) is 4.79 Å². The Balaban J connectivity index is 2.74. The van der Waals surface area contributed by atoms with Crippen LogP contribution in [0.15, 0.2) is 24.3 Å². The van der Waals surface area contributed by atoms with Crippen molar-refractivity contribution in [1.29, 1.82) is 0 Å². The minimum Gasteiger partial charge on any atom is -0.490 e. The van der Waals surface area contributed by atoms with E-state index in [1.165, 1.54) is 19.1 Å². The largest absolute Gasteiger partial charge is 0.490 e. The van der Waals surface area contributed by atoms with Gasteiger partial charge in [-0.25, -0.2) is 9.59 Å². The number of imide groups is 1. The first-order valence-corrected chi connectivity index (χ1v) is 8.26. The maximum atomic E-state index is 11.8. The Hall–Kier alpha value is -3.03. The highest BCUT2D eigenvalue weighted by Gasteiger charge is 2.17. The molecule has 0 unspecified atom stereocenters.